The number of hydrogen-bond donors (Lipinski definition) is 1. The van der Waals surface area contributed by atoms with Crippen LogP contribution < -0.4 is 10.1 Å². The molecule has 0 atom stereocenters. The Morgan fingerprint density at radius 1 is 1.11 bits per heavy atom. The molecule has 27 heavy (non-hydrogen) atoms. The second-order valence-electron chi connectivity index (χ2n) is 5.88. The highest BCUT2D eigenvalue weighted by Crippen LogP contribution is 2.29. The van der Waals surface area contributed by atoms with Crippen molar-refractivity contribution in [3.63, 3.8) is 0 Å². The van der Waals surface area contributed by atoms with E-state index in [4.69, 9.17) is 9.15 Å². The monoisotopic (exact) mass is 382 g/mol. The number of fused-ring (bicyclic) bond motifs is 1. The van der Waals surface area contributed by atoms with Crippen LogP contribution in [0, 0.1) is 6.92 Å². The number of benzene rings is 2. The van der Waals surface area contributed by atoms with E-state index in [2.05, 4.69) is 9.71 Å². The molecule has 4 rings (SSSR count). The fourth-order valence-electron chi connectivity index (χ4n) is 2.65. The number of anilines is 1. The number of hydrogen-bond acceptors (Lipinski definition) is 5. The number of sulfonamides is 1. The second kappa shape index (κ2) is 6.40. The van der Waals surface area contributed by atoms with Gasteiger partial charge in [0.2, 0.25) is 5.90 Å². The van der Waals surface area contributed by atoms with Crippen molar-refractivity contribution in [2.45, 2.75) is 11.8 Å². The van der Waals surface area contributed by atoms with Crippen molar-refractivity contribution in [1.29, 1.82) is 0 Å². The van der Waals surface area contributed by atoms with E-state index >= 15 is 0 Å². The molecule has 1 amide bonds. The molecule has 0 aliphatic carbocycles. The summed E-state index contributed by atoms with van der Waals surface area (Å²) in [4.78, 5) is 12.3. The van der Waals surface area contributed by atoms with E-state index in [0.717, 1.165) is 5.56 Å². The molecular weight excluding hydrogens is 368 g/mol. The van der Waals surface area contributed by atoms with Crippen LogP contribution in [-0.4, -0.2) is 20.2 Å². The zero-order valence-electron chi connectivity index (χ0n) is 14.2. The molecule has 1 aliphatic heterocycles. The SMILES string of the molecule is Cc1ccc(OC2=NS(=O)(=O)c3ccccc32)cc1NC(=O)c1ccco1. The number of amides is 1. The second-order valence-corrected chi connectivity index (χ2v) is 7.45. The van der Waals surface area contributed by atoms with Crippen LogP contribution in [0.3, 0.4) is 0 Å². The van der Waals surface area contributed by atoms with Crippen molar-refractivity contribution in [3.05, 3.63) is 77.7 Å². The van der Waals surface area contributed by atoms with Crippen LogP contribution in [-0.2, 0) is 10.0 Å². The molecular formula is C19H14N2O5S. The standard InChI is InChI=1S/C19H14N2O5S/c1-12-8-9-13(11-15(12)20-18(22)16-6-4-10-25-16)26-19-14-5-2-3-7-17(14)27(23,24)21-19/h2-11H,1H3,(H,20,22). The molecule has 0 unspecified atom stereocenters. The molecule has 2 heterocycles. The lowest BCUT2D eigenvalue weighted by Gasteiger charge is -2.11. The first-order valence-corrected chi connectivity index (χ1v) is 9.46. The van der Waals surface area contributed by atoms with E-state index in [1.807, 2.05) is 6.92 Å². The highest BCUT2D eigenvalue weighted by Gasteiger charge is 2.30. The fraction of sp³-hybridized carbons (Fsp3) is 0.0526. The average molecular weight is 382 g/mol. The van der Waals surface area contributed by atoms with Crippen molar-refractivity contribution < 1.29 is 22.4 Å². The zero-order chi connectivity index (χ0) is 19.0. The fourth-order valence-corrected chi connectivity index (χ4v) is 3.79. The molecule has 0 spiro atoms. The summed E-state index contributed by atoms with van der Waals surface area (Å²) in [6.07, 6.45) is 1.41. The van der Waals surface area contributed by atoms with E-state index < -0.39 is 15.9 Å². The molecule has 8 heteroatoms. The Kier molecular flexibility index (Phi) is 4.04. The maximum atomic E-state index is 12.2. The highest BCUT2D eigenvalue weighted by atomic mass is 32.2. The zero-order valence-corrected chi connectivity index (χ0v) is 15.0. The first kappa shape index (κ1) is 17.0. The third-order valence-corrected chi connectivity index (χ3v) is 5.33. The Morgan fingerprint density at radius 3 is 2.70 bits per heavy atom. The largest absolute Gasteiger partial charge is 0.459 e. The van der Waals surface area contributed by atoms with Crippen molar-refractivity contribution in [2.75, 3.05) is 5.32 Å². The number of aryl methyl sites for hydroxylation is 1. The van der Waals surface area contributed by atoms with Gasteiger partial charge in [0.25, 0.3) is 15.9 Å². The van der Waals surface area contributed by atoms with E-state index in [9.17, 15) is 13.2 Å². The lowest BCUT2D eigenvalue weighted by atomic mass is 10.2. The van der Waals surface area contributed by atoms with Gasteiger partial charge in [0.1, 0.15) is 10.6 Å². The average Bonchev–Trinajstić information content (AvgIpc) is 3.26. The van der Waals surface area contributed by atoms with Gasteiger partial charge >= 0.3 is 0 Å². The summed E-state index contributed by atoms with van der Waals surface area (Å²) in [5, 5.41) is 2.74. The minimum atomic E-state index is -3.76. The number of furan rings is 1. The van der Waals surface area contributed by atoms with Gasteiger partial charge in [-0.15, -0.1) is 4.40 Å². The van der Waals surface area contributed by atoms with E-state index in [0.29, 0.717) is 17.0 Å². The first-order valence-electron chi connectivity index (χ1n) is 8.02. The maximum Gasteiger partial charge on any atom is 0.291 e. The van der Waals surface area contributed by atoms with Gasteiger partial charge in [-0.05, 0) is 42.8 Å². The number of carbonyl (C=O) groups is 1. The van der Waals surface area contributed by atoms with Crippen molar-refractivity contribution in [3.8, 4) is 5.75 Å². The Labute approximate surface area is 155 Å². The Morgan fingerprint density at radius 2 is 1.93 bits per heavy atom. The summed E-state index contributed by atoms with van der Waals surface area (Å²) >= 11 is 0. The van der Waals surface area contributed by atoms with Crippen molar-refractivity contribution in [1.82, 2.24) is 0 Å². The van der Waals surface area contributed by atoms with Gasteiger partial charge in [-0.1, -0.05) is 18.2 Å². The van der Waals surface area contributed by atoms with Gasteiger partial charge in [-0.25, -0.2) is 0 Å². The van der Waals surface area contributed by atoms with Crippen LogP contribution in [0.1, 0.15) is 21.7 Å². The predicted molar refractivity (Wildman–Crippen MR) is 98.6 cm³/mol. The number of carbonyl (C=O) groups excluding carboxylic acids is 1. The van der Waals surface area contributed by atoms with Crippen molar-refractivity contribution in [2.24, 2.45) is 4.40 Å². The van der Waals surface area contributed by atoms with Gasteiger partial charge in [0, 0.05) is 11.8 Å². The lowest BCUT2D eigenvalue weighted by molar-refractivity contribution is 0.0996. The quantitative estimate of drug-likeness (QED) is 0.749. The van der Waals surface area contributed by atoms with Crippen LogP contribution in [0.5, 0.6) is 5.75 Å². The highest BCUT2D eigenvalue weighted by molar-refractivity contribution is 7.90. The summed E-state index contributed by atoms with van der Waals surface area (Å²) in [5.41, 5.74) is 1.73. The molecule has 0 saturated carbocycles. The molecule has 0 radical (unpaired) electrons. The summed E-state index contributed by atoms with van der Waals surface area (Å²) in [7, 11) is -3.76. The van der Waals surface area contributed by atoms with Crippen molar-refractivity contribution >= 4 is 27.5 Å². The van der Waals surface area contributed by atoms with E-state index in [1.165, 1.54) is 12.3 Å². The Balaban J connectivity index is 1.62. The molecule has 0 bridgehead atoms. The summed E-state index contributed by atoms with van der Waals surface area (Å²) < 4.78 is 38.7. The summed E-state index contributed by atoms with van der Waals surface area (Å²) in [6.45, 7) is 1.83. The van der Waals surface area contributed by atoms with Gasteiger partial charge in [-0.2, -0.15) is 8.42 Å². The van der Waals surface area contributed by atoms with E-state index in [1.54, 1.807) is 48.5 Å². The molecule has 0 fully saturated rings. The Bertz CT molecular complexity index is 1160. The number of nitrogens with zero attached hydrogens (tertiary/aromatic N) is 1. The third-order valence-electron chi connectivity index (χ3n) is 4.02. The smallest absolute Gasteiger partial charge is 0.291 e. The molecule has 136 valence electrons. The molecule has 1 aromatic heterocycles. The van der Waals surface area contributed by atoms with Crippen LogP contribution >= 0.6 is 0 Å². The number of rotatable bonds is 3. The lowest BCUT2D eigenvalue weighted by Crippen LogP contribution is -2.12. The predicted octanol–water partition coefficient (Wildman–Crippen LogP) is 3.37. The molecule has 7 nitrogen and oxygen atoms in total. The van der Waals surface area contributed by atoms with Crippen LogP contribution in [0.15, 0.2) is 74.6 Å². The maximum absolute atomic E-state index is 12.2. The van der Waals surface area contributed by atoms with Crippen LogP contribution in [0.4, 0.5) is 5.69 Å². The summed E-state index contributed by atoms with van der Waals surface area (Å²) in [5.74, 6) is 0.131. The van der Waals surface area contributed by atoms with Gasteiger partial charge in [0.05, 0.1) is 11.8 Å². The third kappa shape index (κ3) is 3.22. The summed E-state index contributed by atoms with van der Waals surface area (Å²) in [6, 6.07) is 14.7. The van der Waals surface area contributed by atoms with E-state index in [-0.39, 0.29) is 16.6 Å². The minimum absolute atomic E-state index is 0.00207. The molecule has 2 aromatic carbocycles. The Hall–Kier alpha value is -3.39. The molecule has 3 aromatic rings. The van der Waals surface area contributed by atoms with Crippen LogP contribution in [0.25, 0.3) is 0 Å². The number of ether oxygens (including phenoxy) is 1. The van der Waals surface area contributed by atoms with Gasteiger partial charge in [0.15, 0.2) is 5.76 Å². The number of nitrogens with one attached hydrogen (secondary N) is 1. The molecule has 1 aliphatic rings. The topological polar surface area (TPSA) is 98.0 Å². The molecule has 1 N–H and O–H groups in total. The van der Waals surface area contributed by atoms with Gasteiger partial charge in [-0.3, -0.25) is 4.79 Å². The molecule has 0 saturated heterocycles. The van der Waals surface area contributed by atoms with Crippen LogP contribution in [0.2, 0.25) is 0 Å². The normalized spacial score (nSPS) is 14.3. The van der Waals surface area contributed by atoms with Gasteiger partial charge < -0.3 is 14.5 Å². The minimum Gasteiger partial charge on any atom is -0.459 e. The first-order chi connectivity index (χ1) is 12.9.